The third-order valence-electron chi connectivity index (χ3n) is 3.72. The lowest BCUT2D eigenvalue weighted by atomic mass is 9.76. The molecule has 2 nitrogen and oxygen atoms in total. The minimum Gasteiger partial charge on any atom is -0.507 e. The van der Waals surface area contributed by atoms with Gasteiger partial charge < -0.3 is 5.11 Å². The molecule has 0 saturated carbocycles. The van der Waals surface area contributed by atoms with Crippen LogP contribution in [0.4, 0.5) is 0 Å². The summed E-state index contributed by atoms with van der Waals surface area (Å²) in [4.78, 5) is 4.02. The van der Waals surface area contributed by atoms with Gasteiger partial charge in [0.25, 0.3) is 0 Å². The van der Waals surface area contributed by atoms with Crippen molar-refractivity contribution in [2.45, 2.75) is 26.2 Å². The number of hydrogen-bond acceptors (Lipinski definition) is 2. The number of phenols is 1. The van der Waals surface area contributed by atoms with Crippen molar-refractivity contribution < 1.29 is 5.11 Å². The molecule has 0 atom stereocenters. The average Bonchev–Trinajstić information content (AvgIpc) is 2.43. The van der Waals surface area contributed by atoms with Crippen molar-refractivity contribution in [2.75, 3.05) is 7.05 Å². The highest BCUT2D eigenvalue weighted by Gasteiger charge is 2.27. The fraction of sp³-hybridized carbons (Fsp3) is 0.278. The van der Waals surface area contributed by atoms with E-state index in [2.05, 4.69) is 37.0 Å². The average molecular weight is 267 g/mol. The summed E-state index contributed by atoms with van der Waals surface area (Å²) in [7, 11) is 1.71. The smallest absolute Gasteiger partial charge is 0.128 e. The van der Waals surface area contributed by atoms with Crippen LogP contribution in [0.5, 0.6) is 5.75 Å². The highest BCUT2D eigenvalue weighted by Crippen LogP contribution is 2.38. The van der Waals surface area contributed by atoms with Crippen molar-refractivity contribution in [3.05, 3.63) is 64.7 Å². The van der Waals surface area contributed by atoms with Gasteiger partial charge in [-0.3, -0.25) is 4.99 Å². The molecule has 0 spiro atoms. The van der Waals surface area contributed by atoms with E-state index in [1.807, 2.05) is 31.2 Å². The maximum atomic E-state index is 10.6. The number of rotatable bonds is 3. The molecule has 0 radical (unpaired) electrons. The van der Waals surface area contributed by atoms with E-state index in [1.165, 1.54) is 5.56 Å². The van der Waals surface area contributed by atoms with E-state index in [-0.39, 0.29) is 5.41 Å². The van der Waals surface area contributed by atoms with Gasteiger partial charge in [-0.1, -0.05) is 50.2 Å². The fourth-order valence-electron chi connectivity index (χ4n) is 2.53. The Kier molecular flexibility index (Phi) is 3.93. The van der Waals surface area contributed by atoms with Crippen LogP contribution in [0.25, 0.3) is 0 Å². The van der Waals surface area contributed by atoms with Crippen LogP contribution in [0.3, 0.4) is 0 Å². The highest BCUT2D eigenvalue weighted by atomic mass is 16.3. The Morgan fingerprint density at radius 2 is 1.75 bits per heavy atom. The molecule has 1 N–H and O–H groups in total. The normalized spacial score (nSPS) is 12.0. The third-order valence-corrected chi connectivity index (χ3v) is 3.72. The summed E-state index contributed by atoms with van der Waals surface area (Å²) in [5.41, 5.74) is 3.75. The number of phenolic OH excluding ortho intramolecular Hbond substituents is 1. The molecule has 2 aromatic rings. The molecule has 0 fully saturated rings. The summed E-state index contributed by atoms with van der Waals surface area (Å²) < 4.78 is 0. The zero-order valence-corrected chi connectivity index (χ0v) is 12.5. The number of hydrogen-bond donors (Lipinski definition) is 1. The van der Waals surface area contributed by atoms with Gasteiger partial charge in [0.05, 0.1) is 0 Å². The van der Waals surface area contributed by atoms with Gasteiger partial charge in [0, 0.05) is 29.8 Å². The molecular formula is C18H21NO. The van der Waals surface area contributed by atoms with Crippen LogP contribution in [0, 0.1) is 6.92 Å². The molecule has 2 heteroatoms. The molecule has 0 aliphatic rings. The standard InChI is InChI=1S/C18H21NO/c1-13-10-14(12-19-4)17(20)16(11-13)18(2,3)15-8-6-5-7-9-15/h5-12,20H,1-4H3. The third kappa shape index (κ3) is 2.60. The van der Waals surface area contributed by atoms with Crippen LogP contribution < -0.4 is 0 Å². The van der Waals surface area contributed by atoms with Gasteiger partial charge in [-0.25, -0.2) is 0 Å². The summed E-state index contributed by atoms with van der Waals surface area (Å²) in [5.74, 6) is 0.315. The van der Waals surface area contributed by atoms with Gasteiger partial charge >= 0.3 is 0 Å². The van der Waals surface area contributed by atoms with Crippen LogP contribution in [-0.2, 0) is 5.41 Å². The highest BCUT2D eigenvalue weighted by molar-refractivity contribution is 5.84. The zero-order chi connectivity index (χ0) is 14.8. The molecule has 2 aromatic carbocycles. The molecule has 2 rings (SSSR count). The molecule has 20 heavy (non-hydrogen) atoms. The second-order valence-electron chi connectivity index (χ2n) is 5.63. The molecule has 0 bridgehead atoms. The van der Waals surface area contributed by atoms with Gasteiger partial charge in [0.2, 0.25) is 0 Å². The van der Waals surface area contributed by atoms with E-state index in [0.717, 1.165) is 16.7 Å². The summed E-state index contributed by atoms with van der Waals surface area (Å²) in [6.45, 7) is 6.30. The summed E-state index contributed by atoms with van der Waals surface area (Å²) in [6, 6.07) is 14.2. The van der Waals surface area contributed by atoms with Crippen LogP contribution >= 0.6 is 0 Å². The van der Waals surface area contributed by atoms with Crippen LogP contribution in [-0.4, -0.2) is 18.4 Å². The van der Waals surface area contributed by atoms with E-state index in [1.54, 1.807) is 13.3 Å². The first kappa shape index (κ1) is 14.3. The van der Waals surface area contributed by atoms with Crippen LogP contribution in [0.2, 0.25) is 0 Å². The van der Waals surface area contributed by atoms with Crippen LogP contribution in [0.15, 0.2) is 47.5 Å². The lowest BCUT2D eigenvalue weighted by Crippen LogP contribution is -2.19. The van der Waals surface area contributed by atoms with Crippen molar-refractivity contribution in [3.8, 4) is 5.75 Å². The molecule has 0 heterocycles. The number of benzene rings is 2. The Labute approximate surface area is 120 Å². The number of nitrogens with zero attached hydrogens (tertiary/aromatic N) is 1. The minimum atomic E-state index is -0.256. The monoisotopic (exact) mass is 267 g/mol. The molecule has 0 aliphatic carbocycles. The predicted octanol–water partition coefficient (Wildman–Crippen LogP) is 4.08. The van der Waals surface area contributed by atoms with Gasteiger partial charge in [0.1, 0.15) is 5.75 Å². The molecular weight excluding hydrogens is 246 g/mol. The maximum Gasteiger partial charge on any atom is 0.128 e. The molecule has 0 aromatic heterocycles. The predicted molar refractivity (Wildman–Crippen MR) is 84.9 cm³/mol. The Hall–Kier alpha value is -2.09. The van der Waals surface area contributed by atoms with Crippen LogP contribution in [0.1, 0.15) is 36.1 Å². The van der Waals surface area contributed by atoms with E-state index in [0.29, 0.717) is 5.75 Å². The van der Waals surface area contributed by atoms with Crippen molar-refractivity contribution in [3.63, 3.8) is 0 Å². The van der Waals surface area contributed by atoms with Gasteiger partial charge in [0.15, 0.2) is 0 Å². The fourth-order valence-corrected chi connectivity index (χ4v) is 2.53. The second-order valence-corrected chi connectivity index (χ2v) is 5.63. The Balaban J connectivity index is 2.63. The summed E-state index contributed by atoms with van der Waals surface area (Å²) in [5, 5.41) is 10.6. The van der Waals surface area contributed by atoms with Gasteiger partial charge in [-0.05, 0) is 24.1 Å². The van der Waals surface area contributed by atoms with Crippen molar-refractivity contribution in [1.29, 1.82) is 0 Å². The van der Waals surface area contributed by atoms with E-state index < -0.39 is 0 Å². The number of aromatic hydroxyl groups is 1. The molecule has 0 saturated heterocycles. The Bertz CT molecular complexity index is 627. The van der Waals surface area contributed by atoms with E-state index >= 15 is 0 Å². The van der Waals surface area contributed by atoms with E-state index in [4.69, 9.17) is 0 Å². The maximum absolute atomic E-state index is 10.6. The summed E-state index contributed by atoms with van der Waals surface area (Å²) >= 11 is 0. The first-order valence-corrected chi connectivity index (χ1v) is 6.78. The van der Waals surface area contributed by atoms with Crippen molar-refractivity contribution in [2.24, 2.45) is 4.99 Å². The number of aryl methyl sites for hydroxylation is 1. The minimum absolute atomic E-state index is 0.256. The number of aliphatic imine (C=N–C) groups is 1. The van der Waals surface area contributed by atoms with Crippen molar-refractivity contribution in [1.82, 2.24) is 0 Å². The first-order chi connectivity index (χ1) is 9.46. The van der Waals surface area contributed by atoms with Gasteiger partial charge in [-0.2, -0.15) is 0 Å². The zero-order valence-electron chi connectivity index (χ0n) is 12.5. The van der Waals surface area contributed by atoms with E-state index in [9.17, 15) is 5.11 Å². The largest absolute Gasteiger partial charge is 0.507 e. The quantitative estimate of drug-likeness (QED) is 0.835. The van der Waals surface area contributed by atoms with Gasteiger partial charge in [-0.15, -0.1) is 0 Å². The molecule has 0 aliphatic heterocycles. The molecule has 0 amide bonds. The Morgan fingerprint density at radius 3 is 2.35 bits per heavy atom. The topological polar surface area (TPSA) is 32.6 Å². The van der Waals surface area contributed by atoms with Crippen molar-refractivity contribution >= 4 is 6.21 Å². The SMILES string of the molecule is CN=Cc1cc(C)cc(C(C)(C)c2ccccc2)c1O. The Morgan fingerprint density at radius 1 is 1.10 bits per heavy atom. The first-order valence-electron chi connectivity index (χ1n) is 6.78. The second kappa shape index (κ2) is 5.49. The molecule has 104 valence electrons. The lowest BCUT2D eigenvalue weighted by molar-refractivity contribution is 0.452. The molecule has 0 unspecified atom stereocenters. The summed E-state index contributed by atoms with van der Waals surface area (Å²) in [6.07, 6.45) is 1.70. The lowest BCUT2D eigenvalue weighted by Gasteiger charge is -2.28.